The molecule has 0 bridgehead atoms. The number of hydrogen-bond donors (Lipinski definition) is 1. The zero-order valence-electron chi connectivity index (χ0n) is 8.54. The molecule has 4 heteroatoms. The van der Waals surface area contributed by atoms with Gasteiger partial charge in [0.1, 0.15) is 11.6 Å². The molecule has 0 aromatic heterocycles. The molecule has 16 heavy (non-hydrogen) atoms. The first-order valence-corrected chi connectivity index (χ1v) is 4.70. The van der Waals surface area contributed by atoms with Gasteiger partial charge in [-0.1, -0.05) is 6.07 Å². The van der Waals surface area contributed by atoms with Crippen LogP contribution in [0.2, 0.25) is 0 Å². The van der Waals surface area contributed by atoms with Crippen molar-refractivity contribution in [2.75, 3.05) is 0 Å². The van der Waals surface area contributed by atoms with Crippen LogP contribution in [0.15, 0.2) is 18.2 Å². The molecular formula is C12H11F2NO. The Kier molecular flexibility index (Phi) is 4.15. The van der Waals surface area contributed by atoms with Crippen LogP contribution in [0.25, 0.3) is 0 Å². The van der Waals surface area contributed by atoms with Crippen molar-refractivity contribution in [3.63, 3.8) is 0 Å². The van der Waals surface area contributed by atoms with Crippen molar-refractivity contribution in [1.29, 1.82) is 0 Å². The first-order chi connectivity index (χ1) is 7.54. The SMILES string of the molecule is C#CCC(N)C(=O)Cc1ccc(F)cc1F. The van der Waals surface area contributed by atoms with E-state index in [0.717, 1.165) is 12.1 Å². The van der Waals surface area contributed by atoms with Crippen LogP contribution in [0.5, 0.6) is 0 Å². The lowest BCUT2D eigenvalue weighted by Gasteiger charge is -2.07. The lowest BCUT2D eigenvalue weighted by atomic mass is 10.0. The molecular weight excluding hydrogens is 212 g/mol. The Balaban J connectivity index is 2.74. The molecule has 0 aliphatic carbocycles. The molecule has 84 valence electrons. The summed E-state index contributed by atoms with van der Waals surface area (Å²) in [5.74, 6) is 0.472. The summed E-state index contributed by atoms with van der Waals surface area (Å²) in [7, 11) is 0. The second kappa shape index (κ2) is 5.38. The largest absolute Gasteiger partial charge is 0.321 e. The van der Waals surface area contributed by atoms with E-state index in [-0.39, 0.29) is 24.2 Å². The number of carbonyl (C=O) groups is 1. The molecule has 0 heterocycles. The van der Waals surface area contributed by atoms with Crippen molar-refractivity contribution >= 4 is 5.78 Å². The molecule has 2 nitrogen and oxygen atoms in total. The summed E-state index contributed by atoms with van der Waals surface area (Å²) >= 11 is 0. The molecule has 1 rings (SSSR count). The summed E-state index contributed by atoms with van der Waals surface area (Å²) in [6, 6.07) is 2.26. The highest BCUT2D eigenvalue weighted by Gasteiger charge is 2.15. The minimum Gasteiger partial charge on any atom is -0.321 e. The average molecular weight is 223 g/mol. The van der Waals surface area contributed by atoms with E-state index in [4.69, 9.17) is 12.2 Å². The zero-order chi connectivity index (χ0) is 12.1. The molecule has 1 aromatic carbocycles. The maximum Gasteiger partial charge on any atom is 0.154 e. The smallest absolute Gasteiger partial charge is 0.154 e. The molecule has 0 amide bonds. The predicted molar refractivity (Wildman–Crippen MR) is 56.5 cm³/mol. The third kappa shape index (κ3) is 3.14. The van der Waals surface area contributed by atoms with Crippen molar-refractivity contribution in [1.82, 2.24) is 0 Å². The van der Waals surface area contributed by atoms with Gasteiger partial charge in [-0.15, -0.1) is 12.3 Å². The number of terminal acetylenes is 1. The molecule has 2 N–H and O–H groups in total. The normalized spacial score (nSPS) is 11.9. The van der Waals surface area contributed by atoms with Crippen LogP contribution in [0.3, 0.4) is 0 Å². The molecule has 0 fully saturated rings. The van der Waals surface area contributed by atoms with Gasteiger partial charge in [0.2, 0.25) is 0 Å². The highest BCUT2D eigenvalue weighted by atomic mass is 19.1. The van der Waals surface area contributed by atoms with Crippen molar-refractivity contribution < 1.29 is 13.6 Å². The zero-order valence-corrected chi connectivity index (χ0v) is 8.54. The number of carbonyl (C=O) groups excluding carboxylic acids is 1. The van der Waals surface area contributed by atoms with Crippen LogP contribution in [-0.2, 0) is 11.2 Å². The van der Waals surface area contributed by atoms with Gasteiger partial charge < -0.3 is 5.73 Å². The molecule has 0 saturated heterocycles. The van der Waals surface area contributed by atoms with E-state index in [2.05, 4.69) is 5.92 Å². The minimum atomic E-state index is -0.797. The summed E-state index contributed by atoms with van der Waals surface area (Å²) in [6.07, 6.45) is 4.95. The number of halogens is 2. The van der Waals surface area contributed by atoms with E-state index in [1.54, 1.807) is 0 Å². The molecule has 1 atom stereocenters. The topological polar surface area (TPSA) is 43.1 Å². The first-order valence-electron chi connectivity index (χ1n) is 4.70. The van der Waals surface area contributed by atoms with Gasteiger partial charge >= 0.3 is 0 Å². The average Bonchev–Trinajstić information content (AvgIpc) is 2.22. The summed E-state index contributed by atoms with van der Waals surface area (Å²) in [5, 5.41) is 0. The Morgan fingerprint density at radius 3 is 2.75 bits per heavy atom. The standard InChI is InChI=1S/C12H11F2NO/c1-2-3-11(15)12(16)6-8-4-5-9(13)7-10(8)14/h1,4-5,7,11H,3,6,15H2. The van der Waals surface area contributed by atoms with Crippen LogP contribution in [0.4, 0.5) is 8.78 Å². The van der Waals surface area contributed by atoms with Gasteiger partial charge in [-0.25, -0.2) is 8.78 Å². The second-order valence-electron chi connectivity index (χ2n) is 3.39. The monoisotopic (exact) mass is 223 g/mol. The van der Waals surface area contributed by atoms with E-state index >= 15 is 0 Å². The van der Waals surface area contributed by atoms with Gasteiger partial charge in [-0.3, -0.25) is 4.79 Å². The Labute approximate surface area is 92.5 Å². The van der Waals surface area contributed by atoms with E-state index in [9.17, 15) is 13.6 Å². The number of benzene rings is 1. The third-order valence-electron chi connectivity index (χ3n) is 2.13. The van der Waals surface area contributed by atoms with Gasteiger partial charge in [0.15, 0.2) is 5.78 Å². The van der Waals surface area contributed by atoms with Crippen LogP contribution >= 0.6 is 0 Å². The number of ketones is 1. The molecule has 0 radical (unpaired) electrons. The van der Waals surface area contributed by atoms with Crippen LogP contribution in [0, 0.1) is 24.0 Å². The number of hydrogen-bond acceptors (Lipinski definition) is 2. The quantitative estimate of drug-likeness (QED) is 0.784. The third-order valence-corrected chi connectivity index (χ3v) is 2.13. The van der Waals surface area contributed by atoms with E-state index in [0.29, 0.717) is 0 Å². The Hall–Kier alpha value is -1.73. The van der Waals surface area contributed by atoms with Crippen LogP contribution in [-0.4, -0.2) is 11.8 Å². The fourth-order valence-corrected chi connectivity index (χ4v) is 1.22. The summed E-state index contributed by atoms with van der Waals surface area (Å²) < 4.78 is 25.8. The fourth-order valence-electron chi connectivity index (χ4n) is 1.22. The second-order valence-corrected chi connectivity index (χ2v) is 3.39. The molecule has 0 aliphatic heterocycles. The summed E-state index contributed by atoms with van der Waals surface area (Å²) in [6.45, 7) is 0. The highest BCUT2D eigenvalue weighted by molar-refractivity contribution is 5.86. The highest BCUT2D eigenvalue weighted by Crippen LogP contribution is 2.11. The first kappa shape index (κ1) is 12.3. The Bertz CT molecular complexity index is 437. The fraction of sp³-hybridized carbons (Fsp3) is 0.250. The summed E-state index contributed by atoms with van der Waals surface area (Å²) in [5.41, 5.74) is 5.59. The van der Waals surface area contributed by atoms with Crippen molar-refractivity contribution in [2.24, 2.45) is 5.73 Å². The minimum absolute atomic E-state index is 0.113. The summed E-state index contributed by atoms with van der Waals surface area (Å²) in [4.78, 5) is 11.5. The van der Waals surface area contributed by atoms with Gasteiger partial charge in [0.05, 0.1) is 6.04 Å². The van der Waals surface area contributed by atoms with Gasteiger partial charge in [0, 0.05) is 18.9 Å². The van der Waals surface area contributed by atoms with E-state index in [1.165, 1.54) is 6.07 Å². The molecule has 0 spiro atoms. The van der Waals surface area contributed by atoms with Crippen molar-refractivity contribution in [3.05, 3.63) is 35.4 Å². The maximum atomic E-state index is 13.2. The van der Waals surface area contributed by atoms with E-state index in [1.807, 2.05) is 0 Å². The molecule has 1 unspecified atom stereocenters. The lowest BCUT2D eigenvalue weighted by molar-refractivity contribution is -0.119. The van der Waals surface area contributed by atoms with Crippen LogP contribution < -0.4 is 5.73 Å². The van der Waals surface area contributed by atoms with Gasteiger partial charge in [0.25, 0.3) is 0 Å². The molecule has 0 aliphatic rings. The lowest BCUT2D eigenvalue weighted by Crippen LogP contribution is -2.31. The van der Waals surface area contributed by atoms with Crippen LogP contribution in [0.1, 0.15) is 12.0 Å². The number of rotatable bonds is 4. The Morgan fingerprint density at radius 1 is 1.50 bits per heavy atom. The Morgan fingerprint density at radius 2 is 2.19 bits per heavy atom. The van der Waals surface area contributed by atoms with E-state index < -0.39 is 17.7 Å². The number of nitrogens with two attached hydrogens (primary N) is 1. The predicted octanol–water partition coefficient (Wildman–Crippen LogP) is 1.43. The van der Waals surface area contributed by atoms with Gasteiger partial charge in [-0.05, 0) is 11.6 Å². The van der Waals surface area contributed by atoms with Crippen molar-refractivity contribution in [3.8, 4) is 12.3 Å². The molecule has 0 saturated carbocycles. The van der Waals surface area contributed by atoms with Gasteiger partial charge in [-0.2, -0.15) is 0 Å². The number of Topliss-reactive ketones (excluding diaryl/α,β-unsaturated/α-hetero) is 1. The molecule has 1 aromatic rings. The van der Waals surface area contributed by atoms with Crippen molar-refractivity contribution in [2.45, 2.75) is 18.9 Å². The maximum absolute atomic E-state index is 13.2.